The Morgan fingerprint density at radius 3 is 2.64 bits per heavy atom. The zero-order valence-electron chi connectivity index (χ0n) is 14.4. The summed E-state index contributed by atoms with van der Waals surface area (Å²) in [7, 11) is 3.91. The van der Waals surface area contributed by atoms with E-state index in [1.54, 1.807) is 6.08 Å². The highest BCUT2D eigenvalue weighted by atomic mass is 16.6. The van der Waals surface area contributed by atoms with Gasteiger partial charge in [-0.1, -0.05) is 6.08 Å². The van der Waals surface area contributed by atoms with Gasteiger partial charge in [0, 0.05) is 31.8 Å². The monoisotopic (exact) mass is 311 g/mol. The quantitative estimate of drug-likeness (QED) is 0.784. The number of likely N-dealkylation sites (N-methyl/N-ethyl adjacent to an activating group) is 1. The van der Waals surface area contributed by atoms with E-state index in [2.05, 4.69) is 5.32 Å². The van der Waals surface area contributed by atoms with Crippen LogP contribution in [0.1, 0.15) is 33.6 Å². The lowest BCUT2D eigenvalue weighted by atomic mass is 10.2. The summed E-state index contributed by atoms with van der Waals surface area (Å²) >= 11 is 0. The zero-order chi connectivity index (χ0) is 16.8. The van der Waals surface area contributed by atoms with Gasteiger partial charge in [0.15, 0.2) is 0 Å². The summed E-state index contributed by atoms with van der Waals surface area (Å²) < 4.78 is 5.21. The number of ether oxygens (including phenoxy) is 1. The molecule has 0 bridgehead atoms. The van der Waals surface area contributed by atoms with Crippen LogP contribution in [0.3, 0.4) is 0 Å². The van der Waals surface area contributed by atoms with Crippen molar-refractivity contribution in [2.24, 2.45) is 0 Å². The van der Waals surface area contributed by atoms with Gasteiger partial charge in [-0.05, 0) is 47.7 Å². The molecule has 6 heteroatoms. The molecule has 0 aromatic heterocycles. The molecular formula is C16H29N3O3. The van der Waals surface area contributed by atoms with Crippen LogP contribution in [0.25, 0.3) is 0 Å². The van der Waals surface area contributed by atoms with Crippen molar-refractivity contribution in [1.82, 2.24) is 15.1 Å². The average molecular weight is 311 g/mol. The summed E-state index contributed by atoms with van der Waals surface area (Å²) in [6, 6.07) is 0.0454. The average Bonchev–Trinajstić information content (AvgIpc) is 2.82. The Bertz CT molecular complexity index is 413. The molecule has 1 N–H and O–H groups in total. The molecule has 0 spiro atoms. The van der Waals surface area contributed by atoms with E-state index in [0.717, 1.165) is 25.9 Å². The topological polar surface area (TPSA) is 61.9 Å². The van der Waals surface area contributed by atoms with Crippen LogP contribution < -0.4 is 5.32 Å². The van der Waals surface area contributed by atoms with Gasteiger partial charge < -0.3 is 19.9 Å². The number of nitrogens with zero attached hydrogens (tertiary/aromatic N) is 2. The lowest BCUT2D eigenvalue weighted by Gasteiger charge is -2.25. The molecule has 126 valence electrons. The largest absolute Gasteiger partial charge is 0.444 e. The van der Waals surface area contributed by atoms with Crippen LogP contribution in [0.15, 0.2) is 12.2 Å². The first-order valence-electron chi connectivity index (χ1n) is 7.78. The fourth-order valence-electron chi connectivity index (χ4n) is 2.31. The van der Waals surface area contributed by atoms with E-state index < -0.39 is 11.7 Å². The number of rotatable bonds is 5. The van der Waals surface area contributed by atoms with Crippen LogP contribution in [0.4, 0.5) is 4.79 Å². The summed E-state index contributed by atoms with van der Waals surface area (Å²) in [5, 5.41) is 2.75. The lowest BCUT2D eigenvalue weighted by molar-refractivity contribution is -0.126. The number of carbonyl (C=O) groups is 2. The second kappa shape index (κ2) is 8.17. The van der Waals surface area contributed by atoms with Crippen LogP contribution >= 0.6 is 0 Å². The van der Waals surface area contributed by atoms with Crippen LogP contribution in [-0.2, 0) is 9.53 Å². The van der Waals surface area contributed by atoms with E-state index in [9.17, 15) is 9.59 Å². The maximum absolute atomic E-state index is 12.2. The molecule has 0 aromatic rings. The van der Waals surface area contributed by atoms with Crippen molar-refractivity contribution in [3.05, 3.63) is 12.2 Å². The predicted molar refractivity (Wildman–Crippen MR) is 86.7 cm³/mol. The van der Waals surface area contributed by atoms with E-state index in [1.165, 1.54) is 0 Å². The first-order valence-corrected chi connectivity index (χ1v) is 7.78. The number of nitrogens with one attached hydrogen (secondary N) is 1. The van der Waals surface area contributed by atoms with E-state index >= 15 is 0 Å². The van der Waals surface area contributed by atoms with Crippen molar-refractivity contribution >= 4 is 12.0 Å². The van der Waals surface area contributed by atoms with Gasteiger partial charge in [-0.15, -0.1) is 0 Å². The molecule has 1 aliphatic rings. The third-order valence-electron chi connectivity index (χ3n) is 3.27. The molecule has 0 unspecified atom stereocenters. The second-order valence-corrected chi connectivity index (χ2v) is 6.88. The maximum Gasteiger partial charge on any atom is 0.407 e. The van der Waals surface area contributed by atoms with Crippen molar-refractivity contribution in [1.29, 1.82) is 0 Å². The molecule has 1 saturated heterocycles. The van der Waals surface area contributed by atoms with Crippen molar-refractivity contribution in [3.8, 4) is 0 Å². The molecule has 6 nitrogen and oxygen atoms in total. The Labute approximate surface area is 133 Å². The summed E-state index contributed by atoms with van der Waals surface area (Å²) in [6.45, 7) is 7.39. The molecule has 0 aromatic carbocycles. The summed E-state index contributed by atoms with van der Waals surface area (Å²) in [4.78, 5) is 27.7. The van der Waals surface area contributed by atoms with Crippen molar-refractivity contribution in [2.75, 3.05) is 33.7 Å². The molecule has 1 rings (SSSR count). The Hall–Kier alpha value is -1.56. The Balaban J connectivity index is 2.44. The minimum absolute atomic E-state index is 0.00957. The number of hydrogen-bond donors (Lipinski definition) is 1. The predicted octanol–water partition coefficient (Wildman–Crippen LogP) is 1.62. The molecule has 0 saturated carbocycles. The van der Waals surface area contributed by atoms with Gasteiger partial charge in [0.25, 0.3) is 0 Å². The summed E-state index contributed by atoms with van der Waals surface area (Å²) in [5.74, 6) is 0.00957. The number of likely N-dealkylation sites (tertiary alicyclic amines) is 1. The standard InChI is InChI=1S/C16H29N3O3/c1-16(2,3)22-15(21)17-12-13-8-6-11-19(13)14(20)9-7-10-18(4)5/h7,9,13H,6,8,10-12H2,1-5H3,(H,17,21)/b9-7+/t13-/m1/s1. The van der Waals surface area contributed by atoms with Crippen molar-refractivity contribution in [2.45, 2.75) is 45.3 Å². The summed E-state index contributed by atoms with van der Waals surface area (Å²) in [6.07, 6.45) is 4.91. The molecule has 0 aliphatic carbocycles. The first kappa shape index (κ1) is 18.5. The zero-order valence-corrected chi connectivity index (χ0v) is 14.4. The SMILES string of the molecule is CN(C)C/C=C/C(=O)N1CCC[C@@H]1CNC(=O)OC(C)(C)C. The van der Waals surface area contributed by atoms with Crippen LogP contribution in [0.2, 0.25) is 0 Å². The molecule has 22 heavy (non-hydrogen) atoms. The van der Waals surface area contributed by atoms with E-state index in [0.29, 0.717) is 6.54 Å². The van der Waals surface area contributed by atoms with Gasteiger partial charge in [-0.3, -0.25) is 4.79 Å². The lowest BCUT2D eigenvalue weighted by Crippen LogP contribution is -2.43. The molecule has 1 heterocycles. The minimum Gasteiger partial charge on any atom is -0.444 e. The minimum atomic E-state index is -0.510. The van der Waals surface area contributed by atoms with E-state index in [4.69, 9.17) is 4.74 Å². The molecule has 0 radical (unpaired) electrons. The fraction of sp³-hybridized carbons (Fsp3) is 0.750. The fourth-order valence-corrected chi connectivity index (χ4v) is 2.31. The highest BCUT2D eigenvalue weighted by Crippen LogP contribution is 2.17. The number of amides is 2. The third kappa shape index (κ3) is 6.93. The smallest absolute Gasteiger partial charge is 0.407 e. The van der Waals surface area contributed by atoms with Crippen LogP contribution in [0.5, 0.6) is 0 Å². The first-order chi connectivity index (χ1) is 10.2. The van der Waals surface area contributed by atoms with Crippen LogP contribution in [0, 0.1) is 0 Å². The molecular weight excluding hydrogens is 282 g/mol. The highest BCUT2D eigenvalue weighted by Gasteiger charge is 2.28. The molecule has 1 aliphatic heterocycles. The maximum atomic E-state index is 12.2. The summed E-state index contributed by atoms with van der Waals surface area (Å²) in [5.41, 5.74) is -0.510. The number of carbonyl (C=O) groups excluding carboxylic acids is 2. The van der Waals surface area contributed by atoms with Gasteiger partial charge in [0.05, 0.1) is 0 Å². The normalized spacial score (nSPS) is 19.0. The highest BCUT2D eigenvalue weighted by molar-refractivity contribution is 5.88. The van der Waals surface area contributed by atoms with Gasteiger partial charge >= 0.3 is 6.09 Å². The van der Waals surface area contributed by atoms with Crippen molar-refractivity contribution < 1.29 is 14.3 Å². The van der Waals surface area contributed by atoms with Crippen LogP contribution in [-0.4, -0.2) is 67.2 Å². The Morgan fingerprint density at radius 2 is 2.05 bits per heavy atom. The van der Waals surface area contributed by atoms with Gasteiger partial charge in [0.1, 0.15) is 5.60 Å². The number of hydrogen-bond acceptors (Lipinski definition) is 4. The number of alkyl carbamates (subject to hydrolysis) is 1. The van der Waals surface area contributed by atoms with E-state index in [1.807, 2.05) is 50.7 Å². The molecule has 2 amide bonds. The molecule has 1 atom stereocenters. The van der Waals surface area contributed by atoms with E-state index in [-0.39, 0.29) is 11.9 Å². The molecule has 1 fully saturated rings. The Morgan fingerprint density at radius 1 is 1.36 bits per heavy atom. The van der Waals surface area contributed by atoms with Gasteiger partial charge in [-0.25, -0.2) is 4.79 Å². The third-order valence-corrected chi connectivity index (χ3v) is 3.27. The van der Waals surface area contributed by atoms with Gasteiger partial charge in [-0.2, -0.15) is 0 Å². The second-order valence-electron chi connectivity index (χ2n) is 6.88. The van der Waals surface area contributed by atoms with Crippen molar-refractivity contribution in [3.63, 3.8) is 0 Å². The Kier molecular flexibility index (Phi) is 6.87. The van der Waals surface area contributed by atoms with Gasteiger partial charge in [0.2, 0.25) is 5.91 Å².